The molecule has 0 aliphatic heterocycles. The van der Waals surface area contributed by atoms with Gasteiger partial charge in [0.2, 0.25) is 0 Å². The maximum Gasteiger partial charge on any atom is 0.178 e. The van der Waals surface area contributed by atoms with Gasteiger partial charge in [0.05, 0.1) is 0 Å². The normalized spacial score (nSPS) is 10.1. The number of nitrogens with zero attached hydrogens (tertiary/aromatic N) is 3. The minimum absolute atomic E-state index is 0.946. The molecule has 0 amide bonds. The van der Waals surface area contributed by atoms with Crippen LogP contribution >= 0.6 is 33.9 Å². The molecule has 0 aliphatic carbocycles. The summed E-state index contributed by atoms with van der Waals surface area (Å²) in [5.41, 5.74) is 1.07. The van der Waals surface area contributed by atoms with Crippen molar-refractivity contribution < 1.29 is 0 Å². The molecule has 3 nitrogen and oxygen atoms in total. The average molecular weight is 289 g/mol. The maximum atomic E-state index is 4.02. The first-order chi connectivity index (χ1) is 5.86. The summed E-state index contributed by atoms with van der Waals surface area (Å²) in [6, 6.07) is 3.85. The molecular weight excluding hydrogens is 285 g/mol. The highest BCUT2D eigenvalue weighted by Gasteiger charge is 2.02. The van der Waals surface area contributed by atoms with Gasteiger partial charge in [-0.05, 0) is 34.7 Å². The Hall–Kier alpha value is -0.560. The van der Waals surface area contributed by atoms with Crippen LogP contribution in [0.1, 0.15) is 0 Å². The highest BCUT2D eigenvalue weighted by atomic mass is 127. The topological polar surface area (TPSA) is 38.7 Å². The van der Waals surface area contributed by atoms with Crippen LogP contribution in [0.25, 0.3) is 10.6 Å². The average Bonchev–Trinajstić information content (AvgIpc) is 2.54. The fourth-order valence-electron chi connectivity index (χ4n) is 0.816. The highest BCUT2D eigenvalue weighted by Crippen LogP contribution is 2.22. The van der Waals surface area contributed by atoms with E-state index in [9.17, 15) is 0 Å². The lowest BCUT2D eigenvalue weighted by atomic mass is 10.3. The van der Waals surface area contributed by atoms with E-state index in [4.69, 9.17) is 0 Å². The molecule has 0 saturated carbocycles. The smallest absolute Gasteiger partial charge is 0.178 e. The minimum atomic E-state index is 0.946. The van der Waals surface area contributed by atoms with Gasteiger partial charge in [-0.25, -0.2) is 0 Å². The van der Waals surface area contributed by atoms with Crippen LogP contribution in [0.15, 0.2) is 24.5 Å². The van der Waals surface area contributed by atoms with E-state index in [1.54, 1.807) is 23.7 Å². The van der Waals surface area contributed by atoms with Crippen molar-refractivity contribution in [1.82, 2.24) is 15.2 Å². The number of aromatic nitrogens is 3. The molecule has 0 spiro atoms. The Morgan fingerprint density at radius 1 is 1.17 bits per heavy atom. The molecule has 0 aromatic carbocycles. The summed E-state index contributed by atoms with van der Waals surface area (Å²) in [5, 5.41) is 8.89. The van der Waals surface area contributed by atoms with E-state index < -0.39 is 0 Å². The van der Waals surface area contributed by atoms with Crippen molar-refractivity contribution in [3.8, 4) is 10.6 Å². The Morgan fingerprint density at radius 2 is 1.92 bits per heavy atom. The Labute approximate surface area is 87.0 Å². The van der Waals surface area contributed by atoms with Crippen LogP contribution in [0.3, 0.4) is 0 Å². The van der Waals surface area contributed by atoms with Gasteiger partial charge in [-0.1, -0.05) is 11.3 Å². The zero-order valence-electron chi connectivity index (χ0n) is 5.94. The lowest BCUT2D eigenvalue weighted by molar-refractivity contribution is 1.07. The van der Waals surface area contributed by atoms with Gasteiger partial charge in [0.15, 0.2) is 3.01 Å². The first kappa shape index (κ1) is 8.06. The molecule has 2 aromatic rings. The number of rotatable bonds is 1. The standard InChI is InChI=1S/C7H4IN3S/c8-7-11-10-6(12-7)5-1-3-9-4-2-5/h1-4H. The second kappa shape index (κ2) is 3.44. The zero-order chi connectivity index (χ0) is 8.39. The Bertz CT molecular complexity index is 373. The number of pyridine rings is 1. The van der Waals surface area contributed by atoms with Crippen molar-refractivity contribution in [2.75, 3.05) is 0 Å². The fraction of sp³-hybridized carbons (Fsp3) is 0. The van der Waals surface area contributed by atoms with Gasteiger partial charge in [-0.3, -0.25) is 4.98 Å². The van der Waals surface area contributed by atoms with Gasteiger partial charge in [0, 0.05) is 18.0 Å². The monoisotopic (exact) mass is 289 g/mol. The molecule has 2 rings (SSSR count). The maximum absolute atomic E-state index is 4.02. The second-order valence-corrected chi connectivity index (χ2v) is 4.83. The molecule has 0 saturated heterocycles. The molecule has 0 fully saturated rings. The molecule has 0 aliphatic rings. The first-order valence-corrected chi connectivity index (χ1v) is 5.15. The number of hydrogen-bond acceptors (Lipinski definition) is 4. The fourth-order valence-corrected chi connectivity index (χ4v) is 2.13. The van der Waals surface area contributed by atoms with Crippen molar-refractivity contribution in [3.63, 3.8) is 0 Å². The summed E-state index contributed by atoms with van der Waals surface area (Å²) in [4.78, 5) is 3.93. The molecule has 0 unspecified atom stereocenters. The van der Waals surface area contributed by atoms with Crippen LogP contribution in [0.2, 0.25) is 0 Å². The van der Waals surface area contributed by atoms with Crippen molar-refractivity contribution in [3.05, 3.63) is 27.5 Å². The van der Waals surface area contributed by atoms with E-state index >= 15 is 0 Å². The third-order valence-electron chi connectivity index (χ3n) is 1.33. The van der Waals surface area contributed by atoms with Crippen LogP contribution in [0, 0.1) is 3.01 Å². The van der Waals surface area contributed by atoms with E-state index in [0.717, 1.165) is 13.6 Å². The predicted octanol–water partition coefficient (Wildman–Crippen LogP) is 2.20. The Morgan fingerprint density at radius 3 is 2.50 bits per heavy atom. The first-order valence-electron chi connectivity index (χ1n) is 3.25. The highest BCUT2D eigenvalue weighted by molar-refractivity contribution is 14.1. The van der Waals surface area contributed by atoms with Crippen molar-refractivity contribution in [1.29, 1.82) is 0 Å². The summed E-state index contributed by atoms with van der Waals surface area (Å²) in [5.74, 6) is 0. The van der Waals surface area contributed by atoms with Crippen molar-refractivity contribution in [2.24, 2.45) is 0 Å². The molecular formula is C7H4IN3S. The summed E-state index contributed by atoms with van der Waals surface area (Å²) >= 11 is 3.73. The SMILES string of the molecule is Ic1nnc(-c2ccncc2)s1. The summed E-state index contributed by atoms with van der Waals surface area (Å²) in [6.07, 6.45) is 3.51. The molecule has 0 radical (unpaired) electrons. The largest absolute Gasteiger partial charge is 0.265 e. The summed E-state index contributed by atoms with van der Waals surface area (Å²) in [6.45, 7) is 0. The molecule has 60 valence electrons. The zero-order valence-corrected chi connectivity index (χ0v) is 8.91. The van der Waals surface area contributed by atoms with Gasteiger partial charge in [0.25, 0.3) is 0 Å². The van der Waals surface area contributed by atoms with Crippen LogP contribution in [-0.4, -0.2) is 15.2 Å². The quantitative estimate of drug-likeness (QED) is 0.755. The van der Waals surface area contributed by atoms with Crippen LogP contribution < -0.4 is 0 Å². The van der Waals surface area contributed by atoms with Gasteiger partial charge in [-0.15, -0.1) is 10.2 Å². The van der Waals surface area contributed by atoms with Crippen LogP contribution in [0.4, 0.5) is 0 Å². The molecule has 12 heavy (non-hydrogen) atoms. The summed E-state index contributed by atoms with van der Waals surface area (Å²) in [7, 11) is 0. The van der Waals surface area contributed by atoms with Gasteiger partial charge >= 0.3 is 0 Å². The van der Waals surface area contributed by atoms with E-state index in [2.05, 4.69) is 37.8 Å². The Kier molecular flexibility index (Phi) is 2.31. The molecule has 0 N–H and O–H groups in total. The Balaban J connectivity index is 2.45. The van der Waals surface area contributed by atoms with E-state index in [-0.39, 0.29) is 0 Å². The van der Waals surface area contributed by atoms with Gasteiger partial charge in [0.1, 0.15) is 5.01 Å². The number of halogens is 1. The second-order valence-electron chi connectivity index (χ2n) is 2.10. The molecule has 2 aromatic heterocycles. The van der Waals surface area contributed by atoms with E-state index in [1.165, 1.54) is 0 Å². The van der Waals surface area contributed by atoms with E-state index in [1.807, 2.05) is 12.1 Å². The number of hydrogen-bond donors (Lipinski definition) is 0. The molecule has 0 atom stereocenters. The third kappa shape index (κ3) is 1.61. The molecule has 2 heterocycles. The molecule has 0 bridgehead atoms. The van der Waals surface area contributed by atoms with E-state index in [0.29, 0.717) is 0 Å². The van der Waals surface area contributed by atoms with Crippen molar-refractivity contribution in [2.45, 2.75) is 0 Å². The third-order valence-corrected chi connectivity index (χ3v) is 2.96. The summed E-state index contributed by atoms with van der Waals surface area (Å²) < 4.78 is 0.958. The lowest BCUT2D eigenvalue weighted by Gasteiger charge is -1.90. The van der Waals surface area contributed by atoms with Gasteiger partial charge in [-0.2, -0.15) is 0 Å². The predicted molar refractivity (Wildman–Crippen MR) is 55.9 cm³/mol. The lowest BCUT2D eigenvalue weighted by Crippen LogP contribution is -1.76. The van der Waals surface area contributed by atoms with Gasteiger partial charge < -0.3 is 0 Å². The molecule has 5 heteroatoms. The minimum Gasteiger partial charge on any atom is -0.265 e. The van der Waals surface area contributed by atoms with Crippen molar-refractivity contribution >= 4 is 33.9 Å². The van der Waals surface area contributed by atoms with Crippen LogP contribution in [0.5, 0.6) is 0 Å². The van der Waals surface area contributed by atoms with Crippen LogP contribution in [-0.2, 0) is 0 Å².